The van der Waals surface area contributed by atoms with Crippen LogP contribution in [0.3, 0.4) is 0 Å². The molecule has 0 amide bonds. The fourth-order valence-electron chi connectivity index (χ4n) is 10.1. The number of rotatable bonds is 9. The molecule has 2 N–H and O–H groups in total. The minimum Gasteiger partial charge on any atom is -0.469 e. The second-order valence-corrected chi connectivity index (χ2v) is 16.0. The Balaban J connectivity index is 1.77. The largest absolute Gasteiger partial charge is 0.469 e. The lowest BCUT2D eigenvalue weighted by Gasteiger charge is -2.66. The van der Waals surface area contributed by atoms with Crippen molar-refractivity contribution in [3.8, 4) is 0 Å². The van der Waals surface area contributed by atoms with Gasteiger partial charge in [0, 0.05) is 11.8 Å². The van der Waals surface area contributed by atoms with Crippen LogP contribution in [0.25, 0.3) is 0 Å². The van der Waals surface area contributed by atoms with Crippen molar-refractivity contribution in [3.05, 3.63) is 23.3 Å². The van der Waals surface area contributed by atoms with Gasteiger partial charge >= 0.3 is 11.9 Å². The average molecular weight is 603 g/mol. The van der Waals surface area contributed by atoms with Gasteiger partial charge in [0.15, 0.2) is 6.10 Å². The molecule has 0 aromatic carbocycles. The van der Waals surface area contributed by atoms with Crippen molar-refractivity contribution in [2.45, 2.75) is 131 Å². The molecule has 3 fully saturated rings. The topological polar surface area (TPSA) is 102 Å². The van der Waals surface area contributed by atoms with Crippen LogP contribution < -0.4 is 0 Å². The van der Waals surface area contributed by atoms with Gasteiger partial charge in [0.1, 0.15) is 6.10 Å². The van der Waals surface area contributed by atoms with Gasteiger partial charge in [-0.3, -0.25) is 4.79 Å². The first kappa shape index (κ1) is 34.2. The highest BCUT2D eigenvalue weighted by molar-refractivity contribution is 5.75. The molecule has 0 spiro atoms. The Morgan fingerprint density at radius 1 is 1.19 bits per heavy atom. The van der Waals surface area contributed by atoms with Crippen LogP contribution in [0.15, 0.2) is 23.3 Å². The molecule has 1 saturated heterocycles. The molecule has 43 heavy (non-hydrogen) atoms. The Hall–Kier alpha value is -1.70. The minimum absolute atomic E-state index is 0.0557. The molecular formula is C36H58O7. The zero-order chi connectivity index (χ0) is 32.1. The SMILES string of the molecule is COC(=O)CC[C@@]1(C)C(C(C)(C)O)C[C@@H](OC(=O)[C@H](O)C(C)C)[C@@]2(C)C3=CC[C@@H]([C@H]4CO[C@H](C=C(C)C)C4)[C@]3(C)CC[C@@H]21. The van der Waals surface area contributed by atoms with E-state index in [9.17, 15) is 19.8 Å². The average Bonchev–Trinajstić information content (AvgIpc) is 3.51. The normalized spacial score (nSPS) is 39.9. The summed E-state index contributed by atoms with van der Waals surface area (Å²) in [6.07, 6.45) is 8.29. The first-order valence-electron chi connectivity index (χ1n) is 16.5. The summed E-state index contributed by atoms with van der Waals surface area (Å²) in [5.41, 5.74) is 0.555. The fraction of sp³-hybridized carbons (Fsp3) is 0.833. The minimum atomic E-state index is -1.21. The molecule has 1 unspecified atom stereocenters. The molecule has 7 nitrogen and oxygen atoms in total. The van der Waals surface area contributed by atoms with Crippen molar-refractivity contribution >= 4 is 11.9 Å². The van der Waals surface area contributed by atoms with E-state index in [1.165, 1.54) is 18.3 Å². The number of aliphatic hydroxyl groups excluding tert-OH is 1. The predicted octanol–water partition coefficient (Wildman–Crippen LogP) is 6.41. The van der Waals surface area contributed by atoms with E-state index in [1.54, 1.807) is 0 Å². The lowest BCUT2D eigenvalue weighted by molar-refractivity contribution is -0.214. The maximum Gasteiger partial charge on any atom is 0.335 e. The van der Waals surface area contributed by atoms with Crippen LogP contribution in [0.2, 0.25) is 0 Å². The van der Waals surface area contributed by atoms with Gasteiger partial charge in [0.05, 0.1) is 25.4 Å². The maximum absolute atomic E-state index is 13.4. The maximum atomic E-state index is 13.4. The van der Waals surface area contributed by atoms with Gasteiger partial charge in [-0.1, -0.05) is 57.9 Å². The number of carbonyl (C=O) groups is 2. The molecule has 4 rings (SSSR count). The summed E-state index contributed by atoms with van der Waals surface area (Å²) >= 11 is 0. The number of fused-ring (bicyclic) bond motifs is 3. The molecular weight excluding hydrogens is 544 g/mol. The number of methoxy groups -OCH3 is 1. The Kier molecular flexibility index (Phi) is 9.73. The van der Waals surface area contributed by atoms with Crippen LogP contribution >= 0.6 is 0 Å². The van der Waals surface area contributed by atoms with Gasteiger partial charge in [-0.05, 0) is 107 Å². The lowest BCUT2D eigenvalue weighted by atomic mass is 9.39. The number of ether oxygens (including phenoxy) is 3. The molecule has 4 aliphatic rings. The Morgan fingerprint density at radius 2 is 1.86 bits per heavy atom. The zero-order valence-corrected chi connectivity index (χ0v) is 28.4. The molecule has 0 aromatic heterocycles. The molecule has 0 bridgehead atoms. The van der Waals surface area contributed by atoms with Gasteiger partial charge in [-0.15, -0.1) is 0 Å². The second-order valence-electron chi connectivity index (χ2n) is 16.0. The third kappa shape index (κ3) is 6.12. The van der Waals surface area contributed by atoms with Crippen LogP contribution in [0, 0.1) is 45.8 Å². The summed E-state index contributed by atoms with van der Waals surface area (Å²) < 4.78 is 17.7. The van der Waals surface area contributed by atoms with E-state index in [1.807, 2.05) is 27.7 Å². The van der Waals surface area contributed by atoms with E-state index in [2.05, 4.69) is 46.8 Å². The van der Waals surface area contributed by atoms with Gasteiger partial charge < -0.3 is 24.4 Å². The Morgan fingerprint density at radius 3 is 2.44 bits per heavy atom. The van der Waals surface area contributed by atoms with Crippen molar-refractivity contribution in [1.29, 1.82) is 0 Å². The third-order valence-corrected chi connectivity index (χ3v) is 12.2. The number of aliphatic hydroxyl groups is 2. The van der Waals surface area contributed by atoms with Crippen LogP contribution in [0.4, 0.5) is 0 Å². The molecule has 0 radical (unpaired) electrons. The summed E-state index contributed by atoms with van der Waals surface area (Å²) in [6.45, 7) is 19.2. The highest BCUT2D eigenvalue weighted by atomic mass is 16.6. The van der Waals surface area contributed by atoms with E-state index < -0.39 is 34.6 Å². The van der Waals surface area contributed by atoms with Gasteiger partial charge in [0.25, 0.3) is 0 Å². The summed E-state index contributed by atoms with van der Waals surface area (Å²) in [5.74, 6) is -0.406. The van der Waals surface area contributed by atoms with Gasteiger partial charge in [0.2, 0.25) is 0 Å². The fourth-order valence-corrected chi connectivity index (χ4v) is 10.1. The van der Waals surface area contributed by atoms with Gasteiger partial charge in [-0.2, -0.15) is 0 Å². The predicted molar refractivity (Wildman–Crippen MR) is 167 cm³/mol. The quantitative estimate of drug-likeness (QED) is 0.232. The van der Waals surface area contributed by atoms with Crippen molar-refractivity contribution in [2.75, 3.05) is 13.7 Å². The zero-order valence-electron chi connectivity index (χ0n) is 28.4. The van der Waals surface area contributed by atoms with Crippen LogP contribution in [0.5, 0.6) is 0 Å². The molecule has 10 atom stereocenters. The monoisotopic (exact) mass is 602 g/mol. The first-order chi connectivity index (χ1) is 19.9. The number of hydrogen-bond donors (Lipinski definition) is 2. The summed E-state index contributed by atoms with van der Waals surface area (Å²) in [4.78, 5) is 25.8. The van der Waals surface area contributed by atoms with Crippen molar-refractivity contribution in [1.82, 2.24) is 0 Å². The van der Waals surface area contributed by atoms with E-state index in [4.69, 9.17) is 14.2 Å². The Labute approximate surface area is 259 Å². The van der Waals surface area contributed by atoms with E-state index in [-0.39, 0.29) is 41.7 Å². The summed E-state index contributed by atoms with van der Waals surface area (Å²) in [7, 11) is 1.42. The van der Waals surface area contributed by atoms with Crippen molar-refractivity contribution < 1.29 is 34.0 Å². The Bertz CT molecular complexity index is 1110. The number of esters is 2. The molecule has 1 heterocycles. The molecule has 7 heteroatoms. The summed E-state index contributed by atoms with van der Waals surface area (Å²) in [6, 6.07) is 0. The molecule has 2 saturated carbocycles. The lowest BCUT2D eigenvalue weighted by Crippen LogP contribution is -2.64. The first-order valence-corrected chi connectivity index (χ1v) is 16.5. The van der Waals surface area contributed by atoms with E-state index >= 15 is 0 Å². The third-order valence-electron chi connectivity index (χ3n) is 12.2. The molecule has 3 aliphatic carbocycles. The highest BCUT2D eigenvalue weighted by Gasteiger charge is 2.68. The smallest absolute Gasteiger partial charge is 0.335 e. The summed E-state index contributed by atoms with van der Waals surface area (Å²) in [5, 5.41) is 22.3. The van der Waals surface area contributed by atoms with E-state index in [0.29, 0.717) is 24.7 Å². The standard InChI is InChI=1S/C36H58O7/c1-21(2)17-24-18-23(20-42-24)25-11-12-26-34(25,7)15-13-27-35(8,16-14-30(37)41-10)28(33(5,6)40)19-29(36(26,27)9)43-32(39)31(38)22(3)4/h12,17,22-25,27-29,31,38,40H,11,13-16,18-20H2,1-10H3/t23-,24-,25+,27-,28?,29-,31-,34+,35-,36+/m1/s1. The number of carbonyl (C=O) groups excluding carboxylic acids is 2. The second kappa shape index (κ2) is 12.2. The van der Waals surface area contributed by atoms with Crippen LogP contribution in [0.1, 0.15) is 107 Å². The van der Waals surface area contributed by atoms with Crippen molar-refractivity contribution in [2.24, 2.45) is 45.8 Å². The number of hydrogen-bond acceptors (Lipinski definition) is 7. The number of allylic oxidation sites excluding steroid dienone is 2. The van der Waals surface area contributed by atoms with E-state index in [0.717, 1.165) is 32.3 Å². The highest BCUT2D eigenvalue weighted by Crippen LogP contribution is 2.72. The molecule has 0 aromatic rings. The molecule has 244 valence electrons. The van der Waals surface area contributed by atoms with Crippen molar-refractivity contribution in [3.63, 3.8) is 0 Å². The van der Waals surface area contributed by atoms with Crippen LogP contribution in [-0.2, 0) is 23.8 Å². The van der Waals surface area contributed by atoms with Gasteiger partial charge in [-0.25, -0.2) is 4.79 Å². The molecule has 1 aliphatic heterocycles. The van der Waals surface area contributed by atoms with Crippen LogP contribution in [-0.4, -0.2) is 59.8 Å².